The summed E-state index contributed by atoms with van der Waals surface area (Å²) in [6, 6.07) is -0.514. The van der Waals surface area contributed by atoms with Crippen LogP contribution in [0.25, 0.3) is 0 Å². The highest BCUT2D eigenvalue weighted by molar-refractivity contribution is 8.14. The zero-order chi connectivity index (χ0) is 13.3. The van der Waals surface area contributed by atoms with Crippen LogP contribution in [0, 0.1) is 0 Å². The Kier molecular flexibility index (Phi) is 4.41. The standard InChI is InChI=1S/C10H16F2N2O3S/c1-2-13-10-14-4-3-5(18-10)17-8(9(11)12)7(16)6(4)15/h4-9,15-16H,2-3H2,1H3,(H,13,14). The number of halogens is 2. The Labute approximate surface area is 108 Å². The number of aliphatic hydroxyl groups is 2. The number of nitrogens with zero attached hydrogens (tertiary/aromatic N) is 1. The number of thioether (sulfide) groups is 1. The third kappa shape index (κ3) is 2.76. The molecule has 0 saturated carbocycles. The molecule has 2 heterocycles. The Morgan fingerprint density at radius 3 is 2.83 bits per heavy atom. The third-order valence-electron chi connectivity index (χ3n) is 2.96. The van der Waals surface area contributed by atoms with Crippen LogP contribution in [0.5, 0.6) is 0 Å². The second-order valence-corrected chi connectivity index (χ2v) is 5.38. The summed E-state index contributed by atoms with van der Waals surface area (Å²) in [6.45, 7) is 2.40. The van der Waals surface area contributed by atoms with Crippen molar-refractivity contribution in [3.63, 3.8) is 0 Å². The predicted molar refractivity (Wildman–Crippen MR) is 63.8 cm³/mol. The van der Waals surface area contributed by atoms with E-state index in [0.29, 0.717) is 18.1 Å². The van der Waals surface area contributed by atoms with Gasteiger partial charge in [0.25, 0.3) is 6.43 Å². The second-order valence-electron chi connectivity index (χ2n) is 4.23. The van der Waals surface area contributed by atoms with Gasteiger partial charge in [0.15, 0.2) is 5.17 Å². The van der Waals surface area contributed by atoms with Gasteiger partial charge in [0, 0.05) is 13.0 Å². The van der Waals surface area contributed by atoms with Crippen LogP contribution in [0.4, 0.5) is 8.78 Å². The maximum absolute atomic E-state index is 12.8. The fourth-order valence-electron chi connectivity index (χ4n) is 2.06. The number of alkyl halides is 2. The zero-order valence-corrected chi connectivity index (χ0v) is 10.6. The number of fused-ring (bicyclic) bond motifs is 2. The van der Waals surface area contributed by atoms with Gasteiger partial charge in [0.05, 0.1) is 6.04 Å². The first-order chi connectivity index (χ1) is 8.52. The molecule has 0 radical (unpaired) electrons. The second kappa shape index (κ2) is 5.68. The molecule has 5 nitrogen and oxygen atoms in total. The van der Waals surface area contributed by atoms with Crippen LogP contribution in [0.3, 0.4) is 0 Å². The van der Waals surface area contributed by atoms with Crippen molar-refractivity contribution in [2.45, 2.75) is 49.6 Å². The van der Waals surface area contributed by atoms with E-state index in [1.807, 2.05) is 6.92 Å². The van der Waals surface area contributed by atoms with Crippen molar-refractivity contribution < 1.29 is 23.7 Å². The monoisotopic (exact) mass is 282 g/mol. The van der Waals surface area contributed by atoms with E-state index in [1.165, 1.54) is 11.8 Å². The molecule has 2 rings (SSSR count). The van der Waals surface area contributed by atoms with E-state index >= 15 is 0 Å². The van der Waals surface area contributed by atoms with Crippen LogP contribution in [0.1, 0.15) is 13.3 Å². The summed E-state index contributed by atoms with van der Waals surface area (Å²) in [7, 11) is 0. The fourth-order valence-corrected chi connectivity index (χ4v) is 3.22. The van der Waals surface area contributed by atoms with E-state index in [9.17, 15) is 19.0 Å². The molecular weight excluding hydrogens is 266 g/mol. The predicted octanol–water partition coefficient (Wildman–Crippen LogP) is 0.169. The maximum Gasteiger partial charge on any atom is 0.267 e. The molecule has 2 bridgehead atoms. The van der Waals surface area contributed by atoms with Gasteiger partial charge in [-0.1, -0.05) is 11.8 Å². The molecule has 0 spiro atoms. The highest BCUT2D eigenvalue weighted by atomic mass is 32.2. The van der Waals surface area contributed by atoms with Crippen LogP contribution >= 0.6 is 11.8 Å². The van der Waals surface area contributed by atoms with Gasteiger partial charge in [-0.15, -0.1) is 0 Å². The molecule has 0 aromatic carbocycles. The van der Waals surface area contributed by atoms with E-state index in [0.717, 1.165) is 0 Å². The number of amidine groups is 1. The largest absolute Gasteiger partial charge is 0.388 e. The molecule has 0 aromatic heterocycles. The summed E-state index contributed by atoms with van der Waals surface area (Å²) in [4.78, 5) is 4.15. The molecule has 8 heteroatoms. The highest BCUT2D eigenvalue weighted by Gasteiger charge is 2.46. The number of aliphatic imine (C=N–C) groups is 1. The molecule has 2 fully saturated rings. The fraction of sp³-hybridized carbons (Fsp3) is 0.900. The first-order valence-electron chi connectivity index (χ1n) is 5.80. The smallest absolute Gasteiger partial charge is 0.267 e. The summed E-state index contributed by atoms with van der Waals surface area (Å²) in [6.07, 6.45) is -7.04. The Morgan fingerprint density at radius 1 is 1.50 bits per heavy atom. The molecule has 2 aliphatic heterocycles. The van der Waals surface area contributed by atoms with Gasteiger partial charge in [-0.25, -0.2) is 8.78 Å². The topological polar surface area (TPSA) is 74.1 Å². The first-order valence-corrected chi connectivity index (χ1v) is 6.68. The van der Waals surface area contributed by atoms with Crippen LogP contribution in [-0.4, -0.2) is 58.1 Å². The van der Waals surface area contributed by atoms with Crippen molar-refractivity contribution in [3.05, 3.63) is 0 Å². The molecule has 2 aliphatic rings. The van der Waals surface area contributed by atoms with Crippen molar-refractivity contribution in [1.29, 1.82) is 0 Å². The third-order valence-corrected chi connectivity index (χ3v) is 3.99. The molecule has 104 valence electrons. The molecule has 18 heavy (non-hydrogen) atoms. The average Bonchev–Trinajstić information content (AvgIpc) is 2.41. The summed E-state index contributed by atoms with van der Waals surface area (Å²) in [5.41, 5.74) is -0.521. The summed E-state index contributed by atoms with van der Waals surface area (Å²) < 4.78 is 30.7. The highest BCUT2D eigenvalue weighted by Crippen LogP contribution is 2.33. The van der Waals surface area contributed by atoms with Crippen molar-refractivity contribution in [2.75, 3.05) is 6.54 Å². The van der Waals surface area contributed by atoms with Gasteiger partial charge in [-0.2, -0.15) is 0 Å². The normalized spacial score (nSPS) is 42.8. The number of nitrogens with one attached hydrogen (secondary N) is 1. The molecular formula is C10H16F2N2O3S. The number of ether oxygens (including phenoxy) is 1. The lowest BCUT2D eigenvalue weighted by molar-refractivity contribution is -0.136. The minimum Gasteiger partial charge on any atom is -0.388 e. The Hall–Kier alpha value is -0.440. The van der Waals surface area contributed by atoms with Gasteiger partial charge < -0.3 is 20.3 Å². The number of aliphatic hydroxyl groups excluding tert-OH is 2. The number of hydrogen-bond donors (Lipinski definition) is 3. The first kappa shape index (κ1) is 14.0. The van der Waals surface area contributed by atoms with Gasteiger partial charge in [-0.05, 0) is 6.92 Å². The number of hydrogen-bond acceptors (Lipinski definition) is 5. The van der Waals surface area contributed by atoms with Crippen LogP contribution in [0.15, 0.2) is 4.99 Å². The Morgan fingerprint density at radius 2 is 2.22 bits per heavy atom. The number of rotatable bonds is 2. The van der Waals surface area contributed by atoms with E-state index in [1.54, 1.807) is 0 Å². The lowest BCUT2D eigenvalue weighted by atomic mass is 10.0. The minimum absolute atomic E-state index is 0.356. The zero-order valence-electron chi connectivity index (χ0n) is 9.79. The molecule has 0 amide bonds. The average molecular weight is 282 g/mol. The lowest BCUT2D eigenvalue weighted by Crippen LogP contribution is -2.52. The summed E-state index contributed by atoms with van der Waals surface area (Å²) in [5, 5.41) is 23.1. The van der Waals surface area contributed by atoms with E-state index < -0.39 is 36.2 Å². The molecule has 5 unspecified atom stereocenters. The van der Waals surface area contributed by atoms with Crippen LogP contribution in [-0.2, 0) is 4.74 Å². The summed E-state index contributed by atoms with van der Waals surface area (Å²) >= 11 is 1.21. The molecule has 0 aliphatic carbocycles. The molecule has 3 N–H and O–H groups in total. The van der Waals surface area contributed by atoms with Gasteiger partial charge in [-0.3, -0.25) is 4.99 Å². The van der Waals surface area contributed by atoms with Gasteiger partial charge in [0.2, 0.25) is 0 Å². The molecule has 2 saturated heterocycles. The Bertz CT molecular complexity index is 332. The molecule has 5 atom stereocenters. The van der Waals surface area contributed by atoms with E-state index in [2.05, 4.69) is 10.3 Å². The lowest BCUT2D eigenvalue weighted by Gasteiger charge is -2.30. The molecule has 0 aromatic rings. The maximum atomic E-state index is 12.8. The SMILES string of the molecule is CCN=C1NC2CC(OC(C(F)F)C(O)C2O)S1. The Balaban J connectivity index is 2.19. The summed E-state index contributed by atoms with van der Waals surface area (Å²) in [5.74, 6) is 0. The van der Waals surface area contributed by atoms with Crippen molar-refractivity contribution in [2.24, 2.45) is 4.99 Å². The van der Waals surface area contributed by atoms with Crippen molar-refractivity contribution in [1.82, 2.24) is 5.32 Å². The van der Waals surface area contributed by atoms with Crippen LogP contribution < -0.4 is 5.32 Å². The van der Waals surface area contributed by atoms with E-state index in [4.69, 9.17) is 4.74 Å². The van der Waals surface area contributed by atoms with Crippen molar-refractivity contribution in [3.8, 4) is 0 Å². The van der Waals surface area contributed by atoms with E-state index in [-0.39, 0.29) is 0 Å². The van der Waals surface area contributed by atoms with Crippen molar-refractivity contribution >= 4 is 16.9 Å². The van der Waals surface area contributed by atoms with Crippen LogP contribution in [0.2, 0.25) is 0 Å². The van der Waals surface area contributed by atoms with Gasteiger partial charge in [0.1, 0.15) is 23.7 Å². The van der Waals surface area contributed by atoms with Gasteiger partial charge >= 0.3 is 0 Å². The quantitative estimate of drug-likeness (QED) is 0.673. The minimum atomic E-state index is -2.83.